The zero-order valence-corrected chi connectivity index (χ0v) is 12.5. The fourth-order valence-corrected chi connectivity index (χ4v) is 3.95. The largest absolute Gasteiger partial charge is 0.327 e. The SMILES string of the molecule is Cc1ccc(CN2CC3CCC(N)C3C2)cc1Br. The molecule has 1 aliphatic heterocycles. The van der Waals surface area contributed by atoms with Crippen LogP contribution in [0, 0.1) is 18.8 Å². The van der Waals surface area contributed by atoms with Gasteiger partial charge < -0.3 is 5.73 Å². The first kappa shape index (κ1) is 12.6. The lowest BCUT2D eigenvalue weighted by atomic mass is 9.98. The van der Waals surface area contributed by atoms with E-state index in [2.05, 4.69) is 46.0 Å². The highest BCUT2D eigenvalue weighted by atomic mass is 79.9. The molecule has 98 valence electrons. The second-order valence-corrected chi connectivity index (χ2v) is 6.80. The topological polar surface area (TPSA) is 29.3 Å². The quantitative estimate of drug-likeness (QED) is 0.910. The first-order valence-corrected chi connectivity index (χ1v) is 7.66. The number of rotatable bonds is 2. The molecule has 0 aromatic heterocycles. The van der Waals surface area contributed by atoms with Crippen LogP contribution in [0.4, 0.5) is 0 Å². The van der Waals surface area contributed by atoms with E-state index in [1.165, 1.54) is 41.5 Å². The summed E-state index contributed by atoms with van der Waals surface area (Å²) < 4.78 is 1.22. The first-order chi connectivity index (χ1) is 8.63. The van der Waals surface area contributed by atoms with Crippen LogP contribution in [0.3, 0.4) is 0 Å². The molecular formula is C15H21BrN2. The molecule has 0 spiro atoms. The number of hydrogen-bond donors (Lipinski definition) is 1. The average molecular weight is 309 g/mol. The molecule has 0 amide bonds. The zero-order chi connectivity index (χ0) is 12.7. The Balaban J connectivity index is 1.66. The summed E-state index contributed by atoms with van der Waals surface area (Å²) in [6, 6.07) is 7.14. The van der Waals surface area contributed by atoms with Crippen molar-refractivity contribution in [2.75, 3.05) is 13.1 Å². The van der Waals surface area contributed by atoms with E-state index in [1.807, 2.05) is 0 Å². The summed E-state index contributed by atoms with van der Waals surface area (Å²) in [5, 5.41) is 0. The van der Waals surface area contributed by atoms with Gasteiger partial charge >= 0.3 is 0 Å². The van der Waals surface area contributed by atoms with Crippen molar-refractivity contribution in [3.63, 3.8) is 0 Å². The number of aryl methyl sites for hydroxylation is 1. The van der Waals surface area contributed by atoms with Crippen LogP contribution in [0.2, 0.25) is 0 Å². The van der Waals surface area contributed by atoms with Crippen LogP contribution in [0.25, 0.3) is 0 Å². The van der Waals surface area contributed by atoms with Crippen LogP contribution in [0.15, 0.2) is 22.7 Å². The summed E-state index contributed by atoms with van der Waals surface area (Å²) in [5.74, 6) is 1.60. The van der Waals surface area contributed by atoms with Gasteiger partial charge in [-0.2, -0.15) is 0 Å². The van der Waals surface area contributed by atoms with Crippen LogP contribution in [0.5, 0.6) is 0 Å². The maximum Gasteiger partial charge on any atom is 0.0234 e. The van der Waals surface area contributed by atoms with Crippen molar-refractivity contribution < 1.29 is 0 Å². The molecule has 18 heavy (non-hydrogen) atoms. The number of likely N-dealkylation sites (tertiary alicyclic amines) is 1. The Morgan fingerprint density at radius 2 is 2.17 bits per heavy atom. The predicted octanol–water partition coefficient (Wildman–Crippen LogP) is 2.93. The molecule has 2 fully saturated rings. The molecule has 1 saturated carbocycles. The van der Waals surface area contributed by atoms with E-state index in [1.54, 1.807) is 0 Å². The van der Waals surface area contributed by atoms with Gasteiger partial charge in [0.15, 0.2) is 0 Å². The van der Waals surface area contributed by atoms with Crippen LogP contribution in [-0.2, 0) is 6.54 Å². The van der Waals surface area contributed by atoms with Gasteiger partial charge in [0.2, 0.25) is 0 Å². The number of halogens is 1. The van der Waals surface area contributed by atoms with Crippen molar-refractivity contribution in [2.24, 2.45) is 17.6 Å². The van der Waals surface area contributed by atoms with Crippen molar-refractivity contribution >= 4 is 15.9 Å². The second kappa shape index (κ2) is 4.95. The van der Waals surface area contributed by atoms with Gasteiger partial charge in [-0.15, -0.1) is 0 Å². The molecule has 1 aromatic carbocycles. The molecule has 3 rings (SSSR count). The molecule has 1 aromatic rings. The van der Waals surface area contributed by atoms with Crippen molar-refractivity contribution in [1.29, 1.82) is 0 Å². The lowest BCUT2D eigenvalue weighted by Crippen LogP contribution is -2.30. The molecule has 3 unspecified atom stereocenters. The highest BCUT2D eigenvalue weighted by molar-refractivity contribution is 9.10. The molecule has 1 aliphatic carbocycles. The Morgan fingerprint density at radius 1 is 1.33 bits per heavy atom. The summed E-state index contributed by atoms with van der Waals surface area (Å²) in [6.45, 7) is 5.63. The summed E-state index contributed by atoms with van der Waals surface area (Å²) in [4.78, 5) is 2.57. The Hall–Kier alpha value is -0.380. The summed E-state index contributed by atoms with van der Waals surface area (Å²) >= 11 is 3.62. The third-order valence-corrected chi connectivity index (χ3v) is 5.48. The number of nitrogens with zero attached hydrogens (tertiary/aromatic N) is 1. The smallest absolute Gasteiger partial charge is 0.0234 e. The number of nitrogens with two attached hydrogens (primary N) is 1. The maximum absolute atomic E-state index is 6.19. The van der Waals surface area contributed by atoms with Crippen LogP contribution in [0.1, 0.15) is 24.0 Å². The molecule has 2 nitrogen and oxygen atoms in total. The fourth-order valence-electron chi connectivity index (χ4n) is 3.52. The van der Waals surface area contributed by atoms with E-state index in [0.29, 0.717) is 6.04 Å². The van der Waals surface area contributed by atoms with E-state index in [-0.39, 0.29) is 0 Å². The molecule has 3 heteroatoms. The summed E-state index contributed by atoms with van der Waals surface area (Å²) in [5.41, 5.74) is 8.89. The van der Waals surface area contributed by atoms with Crippen LogP contribution >= 0.6 is 15.9 Å². The fraction of sp³-hybridized carbons (Fsp3) is 0.600. The number of hydrogen-bond acceptors (Lipinski definition) is 2. The maximum atomic E-state index is 6.19. The van der Waals surface area contributed by atoms with Crippen LogP contribution in [-0.4, -0.2) is 24.0 Å². The van der Waals surface area contributed by atoms with Crippen molar-refractivity contribution in [2.45, 2.75) is 32.4 Å². The lowest BCUT2D eigenvalue weighted by molar-refractivity contribution is 0.298. The minimum atomic E-state index is 0.449. The van der Waals surface area contributed by atoms with E-state index >= 15 is 0 Å². The Morgan fingerprint density at radius 3 is 2.89 bits per heavy atom. The molecule has 3 atom stereocenters. The molecule has 0 radical (unpaired) electrons. The van der Waals surface area contributed by atoms with Crippen molar-refractivity contribution in [3.05, 3.63) is 33.8 Å². The van der Waals surface area contributed by atoms with Crippen LogP contribution < -0.4 is 5.73 Å². The van der Waals surface area contributed by atoms with Gasteiger partial charge in [0.05, 0.1) is 0 Å². The molecule has 1 saturated heterocycles. The monoisotopic (exact) mass is 308 g/mol. The second-order valence-electron chi connectivity index (χ2n) is 5.94. The molecule has 0 bridgehead atoms. The van der Waals surface area contributed by atoms with Gasteiger partial charge in [-0.25, -0.2) is 0 Å². The standard InChI is InChI=1S/C15H21BrN2/c1-10-2-3-11(6-14(10)16)7-18-8-12-4-5-15(17)13(12)9-18/h2-3,6,12-13,15H,4-5,7-9,17H2,1H3. The van der Waals surface area contributed by atoms with E-state index in [4.69, 9.17) is 5.73 Å². The van der Waals surface area contributed by atoms with Crippen molar-refractivity contribution in [3.8, 4) is 0 Å². The molecule has 1 heterocycles. The third kappa shape index (κ3) is 2.36. The van der Waals surface area contributed by atoms with Gasteiger partial charge in [-0.3, -0.25) is 4.90 Å². The molecule has 2 aliphatic rings. The Labute approximate surface area is 118 Å². The predicted molar refractivity (Wildman–Crippen MR) is 78.3 cm³/mol. The minimum absolute atomic E-state index is 0.449. The summed E-state index contributed by atoms with van der Waals surface area (Å²) in [7, 11) is 0. The number of fused-ring (bicyclic) bond motifs is 1. The average Bonchev–Trinajstić information content (AvgIpc) is 2.87. The minimum Gasteiger partial charge on any atom is -0.327 e. The van der Waals surface area contributed by atoms with E-state index < -0.39 is 0 Å². The first-order valence-electron chi connectivity index (χ1n) is 6.86. The third-order valence-electron chi connectivity index (χ3n) is 4.63. The van der Waals surface area contributed by atoms with Gasteiger partial charge in [-0.1, -0.05) is 28.1 Å². The highest BCUT2D eigenvalue weighted by Gasteiger charge is 2.40. The molecule has 2 N–H and O–H groups in total. The van der Waals surface area contributed by atoms with Gasteiger partial charge in [-0.05, 0) is 48.8 Å². The zero-order valence-electron chi connectivity index (χ0n) is 10.9. The number of benzene rings is 1. The highest BCUT2D eigenvalue weighted by Crippen LogP contribution is 2.37. The Bertz CT molecular complexity index is 446. The molecular weight excluding hydrogens is 288 g/mol. The lowest BCUT2D eigenvalue weighted by Gasteiger charge is -2.18. The van der Waals surface area contributed by atoms with Gasteiger partial charge in [0.1, 0.15) is 0 Å². The normalized spacial score (nSPS) is 31.8. The Kier molecular flexibility index (Phi) is 3.48. The van der Waals surface area contributed by atoms with E-state index in [0.717, 1.165) is 18.4 Å². The van der Waals surface area contributed by atoms with Crippen molar-refractivity contribution in [1.82, 2.24) is 4.90 Å². The van der Waals surface area contributed by atoms with Gasteiger partial charge in [0, 0.05) is 30.1 Å². The van der Waals surface area contributed by atoms with E-state index in [9.17, 15) is 0 Å². The summed E-state index contributed by atoms with van der Waals surface area (Å²) in [6.07, 6.45) is 2.57. The van der Waals surface area contributed by atoms with Gasteiger partial charge in [0.25, 0.3) is 0 Å².